The van der Waals surface area contributed by atoms with Crippen molar-refractivity contribution < 1.29 is 8.81 Å². The lowest BCUT2D eigenvalue weighted by Crippen LogP contribution is -2.13. The van der Waals surface area contributed by atoms with Crippen LogP contribution < -0.4 is 5.32 Å². The van der Waals surface area contributed by atoms with Gasteiger partial charge < -0.3 is 9.73 Å². The normalized spacial score (nSPS) is 10.4. The Hall–Kier alpha value is -2.05. The van der Waals surface area contributed by atoms with Gasteiger partial charge in [-0.2, -0.15) is 0 Å². The lowest BCUT2D eigenvalue weighted by Gasteiger charge is -2.01. The van der Waals surface area contributed by atoms with E-state index in [2.05, 4.69) is 11.2 Å². The number of rotatable bonds is 7. The van der Waals surface area contributed by atoms with Gasteiger partial charge in [-0.3, -0.25) is 0 Å². The van der Waals surface area contributed by atoms with Gasteiger partial charge in [-0.05, 0) is 55.8 Å². The molecule has 0 bridgehead atoms. The number of halogens is 1. The third-order valence-electron chi connectivity index (χ3n) is 3.01. The maximum Gasteiger partial charge on any atom is 0.134 e. The van der Waals surface area contributed by atoms with Gasteiger partial charge in [0.05, 0.1) is 6.54 Å². The molecular weight excluding hydrogens is 253 g/mol. The van der Waals surface area contributed by atoms with Crippen molar-refractivity contribution in [1.29, 1.82) is 0 Å². The summed E-state index contributed by atoms with van der Waals surface area (Å²) in [5, 5.41) is 3.31. The zero-order valence-corrected chi connectivity index (χ0v) is 11.4. The first-order valence-corrected chi connectivity index (χ1v) is 6.78. The summed E-state index contributed by atoms with van der Waals surface area (Å²) in [4.78, 5) is 0. The molecule has 1 aromatic heterocycles. The smallest absolute Gasteiger partial charge is 0.134 e. The maximum atomic E-state index is 12.8. The fourth-order valence-electron chi connectivity index (χ4n) is 1.93. The minimum Gasteiger partial charge on any atom is -0.460 e. The third kappa shape index (κ3) is 4.25. The second-order valence-corrected chi connectivity index (χ2v) is 4.61. The fraction of sp³-hybridized carbons (Fsp3) is 0.294. The van der Waals surface area contributed by atoms with Crippen molar-refractivity contribution in [2.45, 2.75) is 25.8 Å². The molecule has 1 heterocycles. The third-order valence-corrected chi connectivity index (χ3v) is 3.01. The maximum absolute atomic E-state index is 12.8. The van der Waals surface area contributed by atoms with E-state index in [1.807, 2.05) is 12.1 Å². The van der Waals surface area contributed by atoms with E-state index < -0.39 is 0 Å². The summed E-state index contributed by atoms with van der Waals surface area (Å²) in [6.07, 6.45) is 8.13. The van der Waals surface area contributed by atoms with Crippen LogP contribution in [0.5, 0.6) is 0 Å². The zero-order valence-electron chi connectivity index (χ0n) is 11.4. The molecule has 0 saturated carbocycles. The van der Waals surface area contributed by atoms with Crippen LogP contribution in [0.15, 0.2) is 40.8 Å². The van der Waals surface area contributed by atoms with Crippen LogP contribution in [-0.2, 0) is 6.54 Å². The average Bonchev–Trinajstić information content (AvgIpc) is 2.92. The first kappa shape index (κ1) is 14.4. The van der Waals surface area contributed by atoms with Gasteiger partial charge in [0, 0.05) is 12.0 Å². The summed E-state index contributed by atoms with van der Waals surface area (Å²) in [6, 6.07) is 10.1. The molecule has 0 saturated heterocycles. The molecule has 2 rings (SSSR count). The van der Waals surface area contributed by atoms with Crippen LogP contribution >= 0.6 is 0 Å². The van der Waals surface area contributed by atoms with Gasteiger partial charge in [0.2, 0.25) is 0 Å². The molecule has 20 heavy (non-hydrogen) atoms. The molecule has 0 amide bonds. The van der Waals surface area contributed by atoms with E-state index in [9.17, 15) is 4.39 Å². The molecule has 0 aliphatic carbocycles. The lowest BCUT2D eigenvalue weighted by atomic mass is 10.2. The predicted molar refractivity (Wildman–Crippen MR) is 78.5 cm³/mol. The minimum atomic E-state index is -0.242. The zero-order chi connectivity index (χ0) is 14.2. The van der Waals surface area contributed by atoms with E-state index in [0.717, 1.165) is 42.9 Å². The van der Waals surface area contributed by atoms with Crippen LogP contribution in [-0.4, -0.2) is 6.54 Å². The summed E-state index contributed by atoms with van der Waals surface area (Å²) in [5.41, 5.74) is 0.881. The SMILES string of the molecule is C#CCCCCNCc1ccc(-c2ccc(F)cc2)o1. The van der Waals surface area contributed by atoms with Gasteiger partial charge in [0.25, 0.3) is 0 Å². The first-order valence-electron chi connectivity index (χ1n) is 6.78. The summed E-state index contributed by atoms with van der Waals surface area (Å²) in [6.45, 7) is 1.62. The van der Waals surface area contributed by atoms with E-state index in [0.29, 0.717) is 6.54 Å². The number of unbranched alkanes of at least 4 members (excludes halogenated alkanes) is 2. The highest BCUT2D eigenvalue weighted by molar-refractivity contribution is 5.57. The van der Waals surface area contributed by atoms with Crippen LogP contribution in [0.25, 0.3) is 11.3 Å². The van der Waals surface area contributed by atoms with Gasteiger partial charge >= 0.3 is 0 Å². The second-order valence-electron chi connectivity index (χ2n) is 4.61. The van der Waals surface area contributed by atoms with Crippen LogP contribution in [0.1, 0.15) is 25.0 Å². The standard InChI is InChI=1S/C17H18FNO/c1-2-3-4-5-12-19-13-16-10-11-17(20-16)14-6-8-15(18)9-7-14/h1,6-11,19H,3-5,12-13H2. The molecule has 2 aromatic rings. The van der Waals surface area contributed by atoms with Crippen molar-refractivity contribution in [3.05, 3.63) is 48.0 Å². The summed E-state index contributed by atoms with van der Waals surface area (Å²) >= 11 is 0. The van der Waals surface area contributed by atoms with Crippen molar-refractivity contribution in [2.24, 2.45) is 0 Å². The summed E-state index contributed by atoms with van der Waals surface area (Å²) < 4.78 is 18.6. The summed E-state index contributed by atoms with van der Waals surface area (Å²) in [5.74, 6) is 4.02. The molecule has 0 atom stereocenters. The van der Waals surface area contributed by atoms with Crippen molar-refractivity contribution >= 4 is 0 Å². The molecule has 2 nitrogen and oxygen atoms in total. The number of nitrogens with one attached hydrogen (secondary N) is 1. The van der Waals surface area contributed by atoms with Crippen LogP contribution in [0.3, 0.4) is 0 Å². The Labute approximate surface area is 119 Å². The average molecular weight is 271 g/mol. The Kier molecular flexibility index (Phi) is 5.40. The second kappa shape index (κ2) is 7.52. The van der Waals surface area contributed by atoms with Crippen molar-refractivity contribution in [3.63, 3.8) is 0 Å². The van der Waals surface area contributed by atoms with Crippen molar-refractivity contribution in [2.75, 3.05) is 6.54 Å². The Bertz CT molecular complexity index is 565. The number of hydrogen-bond donors (Lipinski definition) is 1. The largest absolute Gasteiger partial charge is 0.460 e. The predicted octanol–water partition coefficient (Wildman–Crippen LogP) is 3.98. The monoisotopic (exact) mass is 271 g/mol. The topological polar surface area (TPSA) is 25.2 Å². The Morgan fingerprint density at radius 2 is 1.90 bits per heavy atom. The number of benzene rings is 1. The van der Waals surface area contributed by atoms with E-state index in [-0.39, 0.29) is 5.82 Å². The molecule has 104 valence electrons. The molecule has 0 aliphatic heterocycles. The number of furan rings is 1. The molecule has 0 aliphatic rings. The van der Waals surface area contributed by atoms with Gasteiger partial charge in [-0.1, -0.05) is 0 Å². The highest BCUT2D eigenvalue weighted by Gasteiger charge is 2.04. The molecule has 1 aromatic carbocycles. The fourth-order valence-corrected chi connectivity index (χ4v) is 1.93. The number of terminal acetylenes is 1. The molecule has 0 unspecified atom stereocenters. The molecule has 0 radical (unpaired) electrons. The number of hydrogen-bond acceptors (Lipinski definition) is 2. The van der Waals surface area contributed by atoms with Gasteiger partial charge in [-0.25, -0.2) is 4.39 Å². The molecule has 3 heteroatoms. The van der Waals surface area contributed by atoms with E-state index in [1.165, 1.54) is 12.1 Å². The Morgan fingerprint density at radius 1 is 1.10 bits per heavy atom. The van der Waals surface area contributed by atoms with Crippen LogP contribution in [0.4, 0.5) is 4.39 Å². The van der Waals surface area contributed by atoms with Gasteiger partial charge in [0.1, 0.15) is 17.3 Å². The lowest BCUT2D eigenvalue weighted by molar-refractivity contribution is 0.489. The first-order chi connectivity index (χ1) is 9.79. The van der Waals surface area contributed by atoms with Gasteiger partial charge in [-0.15, -0.1) is 12.3 Å². The van der Waals surface area contributed by atoms with Crippen molar-refractivity contribution in [3.8, 4) is 23.7 Å². The molecule has 1 N–H and O–H groups in total. The molecule has 0 fully saturated rings. The van der Waals surface area contributed by atoms with Crippen LogP contribution in [0.2, 0.25) is 0 Å². The Morgan fingerprint density at radius 3 is 2.65 bits per heavy atom. The van der Waals surface area contributed by atoms with Gasteiger partial charge in [0.15, 0.2) is 0 Å². The quantitative estimate of drug-likeness (QED) is 0.608. The minimum absolute atomic E-state index is 0.242. The highest BCUT2D eigenvalue weighted by atomic mass is 19.1. The molecule has 0 spiro atoms. The van der Waals surface area contributed by atoms with Crippen molar-refractivity contribution in [1.82, 2.24) is 5.32 Å². The van der Waals surface area contributed by atoms with E-state index in [4.69, 9.17) is 10.8 Å². The van der Waals surface area contributed by atoms with E-state index in [1.54, 1.807) is 12.1 Å². The summed E-state index contributed by atoms with van der Waals surface area (Å²) in [7, 11) is 0. The highest BCUT2D eigenvalue weighted by Crippen LogP contribution is 2.22. The molecular formula is C17H18FNO. The van der Waals surface area contributed by atoms with Crippen LogP contribution in [0, 0.1) is 18.2 Å². The van der Waals surface area contributed by atoms with E-state index >= 15 is 0 Å². The Balaban J connectivity index is 1.80.